The molecule has 0 radical (unpaired) electrons. The van der Waals surface area contributed by atoms with E-state index >= 15 is 0 Å². The molecule has 0 spiro atoms. The number of para-hydroxylation sites is 1. The van der Waals surface area contributed by atoms with Gasteiger partial charge in [0.15, 0.2) is 10.9 Å². The van der Waals surface area contributed by atoms with E-state index in [4.69, 9.17) is 9.40 Å². The number of Topliss-reactive ketones (excluding diaryl/α,β-unsaturated/α-hetero) is 1. The maximum atomic E-state index is 13.4. The Balaban J connectivity index is 1.47. The van der Waals surface area contributed by atoms with Crippen molar-refractivity contribution in [3.05, 3.63) is 112 Å². The number of nitrogens with zero attached hydrogens (tertiary/aromatic N) is 3. The number of carbonyl (C=O) groups is 1. The van der Waals surface area contributed by atoms with Gasteiger partial charge in [0.05, 0.1) is 35.2 Å². The number of aromatic nitrogens is 3. The molecule has 0 aliphatic rings. The maximum absolute atomic E-state index is 13.4. The van der Waals surface area contributed by atoms with E-state index in [1.165, 1.54) is 11.8 Å². The van der Waals surface area contributed by atoms with E-state index in [0.29, 0.717) is 28.2 Å². The van der Waals surface area contributed by atoms with Crippen LogP contribution < -0.4 is 5.56 Å². The van der Waals surface area contributed by atoms with Crippen LogP contribution in [0.3, 0.4) is 0 Å². The van der Waals surface area contributed by atoms with Crippen molar-refractivity contribution in [2.45, 2.75) is 32.5 Å². The summed E-state index contributed by atoms with van der Waals surface area (Å²) in [7, 11) is 0. The van der Waals surface area contributed by atoms with Crippen LogP contribution in [0.1, 0.15) is 33.1 Å². The number of hydrogen-bond donors (Lipinski definition) is 0. The van der Waals surface area contributed by atoms with Crippen molar-refractivity contribution in [2.75, 3.05) is 5.75 Å². The van der Waals surface area contributed by atoms with Crippen molar-refractivity contribution in [1.82, 2.24) is 14.1 Å². The molecule has 5 rings (SSSR count). The molecule has 0 fully saturated rings. The topological polar surface area (TPSA) is 70.0 Å². The highest BCUT2D eigenvalue weighted by atomic mass is 32.2. The van der Waals surface area contributed by atoms with E-state index in [0.717, 1.165) is 28.4 Å². The van der Waals surface area contributed by atoms with E-state index in [9.17, 15) is 9.59 Å². The predicted octanol–water partition coefficient (Wildman–Crippen LogP) is 5.73. The second-order valence-electron chi connectivity index (χ2n) is 8.55. The Morgan fingerprint density at radius 3 is 2.51 bits per heavy atom. The Morgan fingerprint density at radius 2 is 1.77 bits per heavy atom. The Hall–Kier alpha value is -3.84. The van der Waals surface area contributed by atoms with Crippen LogP contribution in [0.25, 0.3) is 16.6 Å². The molecule has 0 bridgehead atoms. The van der Waals surface area contributed by atoms with Gasteiger partial charge in [0, 0.05) is 17.0 Å². The molecule has 0 atom stereocenters. The molecule has 3 aromatic heterocycles. The average molecular weight is 484 g/mol. The molecule has 2 aromatic carbocycles. The highest BCUT2D eigenvalue weighted by Gasteiger charge is 2.19. The number of thioether (sulfide) groups is 1. The molecule has 0 saturated heterocycles. The highest BCUT2D eigenvalue weighted by molar-refractivity contribution is 7.99. The van der Waals surface area contributed by atoms with Gasteiger partial charge in [-0.15, -0.1) is 0 Å². The van der Waals surface area contributed by atoms with Crippen LogP contribution in [0.4, 0.5) is 0 Å². The zero-order valence-corrected chi connectivity index (χ0v) is 20.6. The first-order chi connectivity index (χ1) is 16.9. The molecule has 5 aromatic rings. The van der Waals surface area contributed by atoms with Crippen LogP contribution >= 0.6 is 11.8 Å². The SMILES string of the molecule is Cc1ccc(-n2c(SCC(=O)c3cc(C)n(Cc4ccco4)c3C)nc3ccccc3c2=O)cc1. The minimum Gasteiger partial charge on any atom is -0.467 e. The van der Waals surface area contributed by atoms with Gasteiger partial charge in [-0.05, 0) is 63.2 Å². The highest BCUT2D eigenvalue weighted by Crippen LogP contribution is 2.25. The van der Waals surface area contributed by atoms with Crippen LogP contribution in [0.5, 0.6) is 0 Å². The molecule has 0 aliphatic heterocycles. The molecule has 3 heterocycles. The van der Waals surface area contributed by atoms with Gasteiger partial charge in [-0.3, -0.25) is 14.2 Å². The Kier molecular flexibility index (Phi) is 6.17. The Morgan fingerprint density at radius 1 is 1.00 bits per heavy atom. The lowest BCUT2D eigenvalue weighted by molar-refractivity contribution is 0.102. The number of carbonyl (C=O) groups excluding carboxylic acids is 1. The Labute approximate surface area is 207 Å². The van der Waals surface area contributed by atoms with Gasteiger partial charge in [-0.2, -0.15) is 0 Å². The van der Waals surface area contributed by atoms with Gasteiger partial charge in [-0.25, -0.2) is 4.98 Å². The molecular formula is C28H25N3O3S. The van der Waals surface area contributed by atoms with Crippen LogP contribution in [0, 0.1) is 20.8 Å². The van der Waals surface area contributed by atoms with Crippen molar-refractivity contribution >= 4 is 28.4 Å². The number of aryl methyl sites for hydroxylation is 2. The first-order valence-corrected chi connectivity index (χ1v) is 12.3. The molecule has 6 nitrogen and oxygen atoms in total. The first-order valence-electron chi connectivity index (χ1n) is 11.4. The normalized spacial score (nSPS) is 11.3. The van der Waals surface area contributed by atoms with Crippen LogP contribution in [-0.2, 0) is 6.54 Å². The molecule has 0 saturated carbocycles. The van der Waals surface area contributed by atoms with Gasteiger partial charge in [0.25, 0.3) is 5.56 Å². The Bertz CT molecular complexity index is 1580. The summed E-state index contributed by atoms with van der Waals surface area (Å²) in [6.45, 7) is 6.51. The second kappa shape index (κ2) is 9.43. The van der Waals surface area contributed by atoms with E-state index in [1.807, 2.05) is 81.4 Å². The van der Waals surface area contributed by atoms with Crippen molar-refractivity contribution in [3.63, 3.8) is 0 Å². The van der Waals surface area contributed by atoms with Gasteiger partial charge in [0.1, 0.15) is 5.76 Å². The zero-order chi connectivity index (χ0) is 24.5. The fraction of sp³-hybridized carbons (Fsp3) is 0.179. The summed E-state index contributed by atoms with van der Waals surface area (Å²) in [5.41, 5.74) is 4.86. The minimum absolute atomic E-state index is 0.00772. The van der Waals surface area contributed by atoms with Crippen LogP contribution in [0.2, 0.25) is 0 Å². The third kappa shape index (κ3) is 4.47. The summed E-state index contributed by atoms with van der Waals surface area (Å²) in [5, 5.41) is 1.04. The van der Waals surface area contributed by atoms with Crippen LogP contribution in [0.15, 0.2) is 87.4 Å². The first kappa shape index (κ1) is 22.9. The number of rotatable bonds is 7. The molecular weight excluding hydrogens is 458 g/mol. The average Bonchev–Trinajstić information content (AvgIpc) is 3.47. The third-order valence-corrected chi connectivity index (χ3v) is 7.08. The number of hydrogen-bond acceptors (Lipinski definition) is 5. The van der Waals surface area contributed by atoms with E-state index in [2.05, 4.69) is 4.57 Å². The maximum Gasteiger partial charge on any atom is 0.266 e. The quantitative estimate of drug-likeness (QED) is 0.168. The molecule has 0 unspecified atom stereocenters. The summed E-state index contributed by atoms with van der Waals surface area (Å²) in [4.78, 5) is 31.4. The van der Waals surface area contributed by atoms with Crippen molar-refractivity contribution in [2.24, 2.45) is 0 Å². The predicted molar refractivity (Wildman–Crippen MR) is 139 cm³/mol. The number of fused-ring (bicyclic) bond motifs is 1. The second-order valence-corrected chi connectivity index (χ2v) is 9.49. The third-order valence-electron chi connectivity index (χ3n) is 6.14. The van der Waals surface area contributed by atoms with E-state index in [-0.39, 0.29) is 17.1 Å². The van der Waals surface area contributed by atoms with Gasteiger partial charge in [-0.1, -0.05) is 41.6 Å². The number of furan rings is 1. The molecule has 176 valence electrons. The summed E-state index contributed by atoms with van der Waals surface area (Å²) < 4.78 is 9.15. The van der Waals surface area contributed by atoms with E-state index < -0.39 is 0 Å². The molecule has 0 amide bonds. The molecule has 0 aliphatic carbocycles. The summed E-state index contributed by atoms with van der Waals surface area (Å²) in [6.07, 6.45) is 1.65. The molecule has 7 heteroatoms. The van der Waals surface area contributed by atoms with Gasteiger partial charge in [0.2, 0.25) is 0 Å². The fourth-order valence-electron chi connectivity index (χ4n) is 4.22. The zero-order valence-electron chi connectivity index (χ0n) is 19.8. The van der Waals surface area contributed by atoms with Gasteiger partial charge >= 0.3 is 0 Å². The lowest BCUT2D eigenvalue weighted by Crippen LogP contribution is -2.22. The van der Waals surface area contributed by atoms with Gasteiger partial charge < -0.3 is 8.98 Å². The summed E-state index contributed by atoms with van der Waals surface area (Å²) in [6, 6.07) is 20.7. The van der Waals surface area contributed by atoms with Crippen molar-refractivity contribution in [1.29, 1.82) is 0 Å². The molecule has 0 N–H and O–H groups in total. The summed E-state index contributed by atoms with van der Waals surface area (Å²) >= 11 is 1.28. The smallest absolute Gasteiger partial charge is 0.266 e. The van der Waals surface area contributed by atoms with Crippen molar-refractivity contribution < 1.29 is 9.21 Å². The fourth-order valence-corrected chi connectivity index (χ4v) is 5.12. The van der Waals surface area contributed by atoms with Crippen molar-refractivity contribution in [3.8, 4) is 5.69 Å². The lowest BCUT2D eigenvalue weighted by atomic mass is 10.2. The minimum atomic E-state index is -0.147. The van der Waals surface area contributed by atoms with E-state index in [1.54, 1.807) is 16.9 Å². The number of ketones is 1. The lowest BCUT2D eigenvalue weighted by Gasteiger charge is -2.13. The monoisotopic (exact) mass is 483 g/mol. The summed E-state index contributed by atoms with van der Waals surface area (Å²) in [5.74, 6) is 0.996. The standard InChI is InChI=1S/C28H25N3O3S/c1-18-10-12-21(13-11-18)31-27(33)23-8-4-5-9-25(23)29-28(31)35-17-26(32)24-15-19(2)30(20(24)3)16-22-7-6-14-34-22/h4-15H,16-17H2,1-3H3. The largest absolute Gasteiger partial charge is 0.467 e. The van der Waals surface area contributed by atoms with Crippen LogP contribution in [-0.4, -0.2) is 25.7 Å². The molecule has 35 heavy (non-hydrogen) atoms. The number of benzene rings is 2.